The van der Waals surface area contributed by atoms with Gasteiger partial charge in [0.15, 0.2) is 0 Å². The summed E-state index contributed by atoms with van der Waals surface area (Å²) in [6, 6.07) is 4.25. The number of amides is 1. The van der Waals surface area contributed by atoms with E-state index in [-0.39, 0.29) is 30.3 Å². The van der Waals surface area contributed by atoms with E-state index in [9.17, 15) is 9.18 Å². The quantitative estimate of drug-likeness (QED) is 0.861. The number of hydrogen-bond donors (Lipinski definition) is 2. The monoisotopic (exact) mass is 277 g/mol. The van der Waals surface area contributed by atoms with Gasteiger partial charge in [0.2, 0.25) is 5.91 Å². The molecule has 0 aliphatic carbocycles. The Bertz CT molecular complexity index is 588. The van der Waals surface area contributed by atoms with Crippen LogP contribution in [0.3, 0.4) is 0 Å². The molecule has 6 heteroatoms. The Balaban J connectivity index is 2.09. The maximum absolute atomic E-state index is 13.5. The molecule has 0 radical (unpaired) electrons. The standard InChI is InChI=1S/C14H16FN3O2/c1-8-12-13(17-16-8)10-7-9(15)3-4-11(10)18(14(12)20)5-2-6-19/h3-4,7-8,12,16,19H,2,5-6H2,1H3. The smallest absolute Gasteiger partial charge is 0.238 e. The highest BCUT2D eigenvalue weighted by atomic mass is 19.1. The summed E-state index contributed by atoms with van der Waals surface area (Å²) in [4.78, 5) is 14.2. The topological polar surface area (TPSA) is 64.9 Å². The molecule has 106 valence electrons. The molecule has 0 fully saturated rings. The highest BCUT2D eigenvalue weighted by Crippen LogP contribution is 2.35. The summed E-state index contributed by atoms with van der Waals surface area (Å²) in [5, 5.41) is 13.2. The molecule has 0 aromatic heterocycles. The maximum Gasteiger partial charge on any atom is 0.238 e. The molecule has 2 aliphatic rings. The Labute approximate surface area is 116 Å². The number of hydrazone groups is 1. The van der Waals surface area contributed by atoms with Gasteiger partial charge in [-0.1, -0.05) is 0 Å². The van der Waals surface area contributed by atoms with E-state index >= 15 is 0 Å². The zero-order chi connectivity index (χ0) is 14.3. The first-order valence-corrected chi connectivity index (χ1v) is 6.68. The summed E-state index contributed by atoms with van der Waals surface area (Å²) in [6.45, 7) is 2.32. The number of fused-ring (bicyclic) bond motifs is 3. The SMILES string of the molecule is CC1NN=C2c3cc(F)ccc3N(CCCO)C(=O)C21. The number of carbonyl (C=O) groups is 1. The minimum atomic E-state index is -0.386. The van der Waals surface area contributed by atoms with Gasteiger partial charge in [-0.05, 0) is 31.5 Å². The largest absolute Gasteiger partial charge is 0.396 e. The van der Waals surface area contributed by atoms with Gasteiger partial charge in [-0.25, -0.2) is 4.39 Å². The minimum Gasteiger partial charge on any atom is -0.396 e. The van der Waals surface area contributed by atoms with E-state index in [2.05, 4.69) is 10.5 Å². The number of hydrogen-bond acceptors (Lipinski definition) is 4. The summed E-state index contributed by atoms with van der Waals surface area (Å²) in [5.41, 5.74) is 4.83. The van der Waals surface area contributed by atoms with Crippen molar-refractivity contribution >= 4 is 17.3 Å². The molecule has 1 aromatic rings. The van der Waals surface area contributed by atoms with E-state index in [0.717, 1.165) is 0 Å². The molecule has 2 unspecified atom stereocenters. The molecule has 1 amide bonds. The zero-order valence-electron chi connectivity index (χ0n) is 11.1. The lowest BCUT2D eigenvalue weighted by Crippen LogP contribution is -2.48. The molecule has 1 aromatic carbocycles. The van der Waals surface area contributed by atoms with Gasteiger partial charge in [0, 0.05) is 18.7 Å². The summed E-state index contributed by atoms with van der Waals surface area (Å²) in [6.07, 6.45) is 0.490. The van der Waals surface area contributed by atoms with Crippen LogP contribution in [0.5, 0.6) is 0 Å². The van der Waals surface area contributed by atoms with E-state index in [0.29, 0.717) is 29.9 Å². The lowest BCUT2D eigenvalue weighted by Gasteiger charge is -2.34. The van der Waals surface area contributed by atoms with Crippen LogP contribution in [0.15, 0.2) is 23.3 Å². The summed E-state index contributed by atoms with van der Waals surface area (Å²) < 4.78 is 13.5. The minimum absolute atomic E-state index is 0.0136. The predicted molar refractivity (Wildman–Crippen MR) is 73.1 cm³/mol. The molecule has 2 N–H and O–H groups in total. The lowest BCUT2D eigenvalue weighted by molar-refractivity contribution is -0.121. The lowest BCUT2D eigenvalue weighted by atomic mass is 9.86. The molecule has 0 bridgehead atoms. The van der Waals surface area contributed by atoms with Crippen LogP contribution in [0.4, 0.5) is 10.1 Å². The van der Waals surface area contributed by atoms with Crippen LogP contribution >= 0.6 is 0 Å². The molecule has 0 spiro atoms. The first kappa shape index (κ1) is 13.1. The van der Waals surface area contributed by atoms with Gasteiger partial charge in [-0.3, -0.25) is 4.79 Å². The molecule has 0 saturated heterocycles. The average Bonchev–Trinajstić information content (AvgIpc) is 2.82. The highest BCUT2D eigenvalue weighted by molar-refractivity contribution is 6.24. The highest BCUT2D eigenvalue weighted by Gasteiger charge is 2.43. The van der Waals surface area contributed by atoms with Crippen molar-refractivity contribution in [2.45, 2.75) is 19.4 Å². The predicted octanol–water partition coefficient (Wildman–Crippen LogP) is 0.867. The van der Waals surface area contributed by atoms with Crippen LogP contribution in [0.25, 0.3) is 0 Å². The Kier molecular flexibility index (Phi) is 3.17. The van der Waals surface area contributed by atoms with Crippen LogP contribution in [-0.2, 0) is 4.79 Å². The number of carbonyl (C=O) groups excluding carboxylic acids is 1. The van der Waals surface area contributed by atoms with Crippen molar-refractivity contribution in [3.05, 3.63) is 29.6 Å². The Hall–Kier alpha value is -1.95. The number of aliphatic hydroxyl groups is 1. The molecule has 20 heavy (non-hydrogen) atoms. The third-order valence-electron chi connectivity index (χ3n) is 3.78. The van der Waals surface area contributed by atoms with Crippen molar-refractivity contribution in [2.75, 3.05) is 18.1 Å². The average molecular weight is 277 g/mol. The van der Waals surface area contributed by atoms with E-state index in [1.165, 1.54) is 12.1 Å². The summed E-state index contributed by atoms with van der Waals surface area (Å²) in [7, 11) is 0. The zero-order valence-corrected chi connectivity index (χ0v) is 11.1. The van der Waals surface area contributed by atoms with Crippen LogP contribution in [0.1, 0.15) is 18.9 Å². The molecule has 2 atom stereocenters. The van der Waals surface area contributed by atoms with E-state index in [4.69, 9.17) is 5.11 Å². The number of rotatable bonds is 3. The molecular weight excluding hydrogens is 261 g/mol. The van der Waals surface area contributed by atoms with Gasteiger partial charge in [-0.2, -0.15) is 5.10 Å². The maximum atomic E-state index is 13.5. The van der Waals surface area contributed by atoms with Crippen molar-refractivity contribution < 1.29 is 14.3 Å². The second-order valence-corrected chi connectivity index (χ2v) is 5.12. The van der Waals surface area contributed by atoms with Crippen LogP contribution in [-0.4, -0.2) is 35.9 Å². The van der Waals surface area contributed by atoms with Gasteiger partial charge in [0.25, 0.3) is 0 Å². The van der Waals surface area contributed by atoms with Crippen LogP contribution in [0.2, 0.25) is 0 Å². The van der Waals surface area contributed by atoms with Crippen molar-refractivity contribution in [1.82, 2.24) is 5.43 Å². The van der Waals surface area contributed by atoms with E-state index in [1.54, 1.807) is 11.0 Å². The van der Waals surface area contributed by atoms with Crippen molar-refractivity contribution in [3.8, 4) is 0 Å². The summed E-state index contributed by atoms with van der Waals surface area (Å²) >= 11 is 0. The number of nitrogens with zero attached hydrogens (tertiary/aromatic N) is 2. The summed E-state index contributed by atoms with van der Waals surface area (Å²) in [5.74, 6) is -0.780. The van der Waals surface area contributed by atoms with Crippen molar-refractivity contribution in [1.29, 1.82) is 0 Å². The van der Waals surface area contributed by atoms with Gasteiger partial charge < -0.3 is 15.4 Å². The number of aliphatic hydroxyl groups excluding tert-OH is 1. The first-order valence-electron chi connectivity index (χ1n) is 6.68. The second-order valence-electron chi connectivity index (χ2n) is 5.12. The van der Waals surface area contributed by atoms with Gasteiger partial charge in [-0.15, -0.1) is 0 Å². The molecular formula is C14H16FN3O2. The van der Waals surface area contributed by atoms with Gasteiger partial charge >= 0.3 is 0 Å². The third-order valence-corrected chi connectivity index (χ3v) is 3.78. The van der Waals surface area contributed by atoms with Crippen molar-refractivity contribution in [2.24, 2.45) is 11.0 Å². The molecule has 0 saturated carbocycles. The fraction of sp³-hybridized carbons (Fsp3) is 0.429. The number of anilines is 1. The van der Waals surface area contributed by atoms with Crippen LogP contribution < -0.4 is 10.3 Å². The number of nitrogens with one attached hydrogen (secondary N) is 1. The fourth-order valence-corrected chi connectivity index (χ4v) is 2.81. The van der Waals surface area contributed by atoms with Gasteiger partial charge in [0.1, 0.15) is 11.7 Å². The van der Waals surface area contributed by atoms with Crippen molar-refractivity contribution in [3.63, 3.8) is 0 Å². The van der Waals surface area contributed by atoms with Gasteiger partial charge in [0.05, 0.1) is 17.4 Å². The van der Waals surface area contributed by atoms with Crippen LogP contribution in [0, 0.1) is 11.7 Å². The molecule has 2 heterocycles. The molecule has 5 nitrogen and oxygen atoms in total. The first-order chi connectivity index (χ1) is 9.63. The Morgan fingerprint density at radius 2 is 2.30 bits per heavy atom. The third kappa shape index (κ3) is 1.87. The fourth-order valence-electron chi connectivity index (χ4n) is 2.81. The number of halogens is 1. The number of benzene rings is 1. The van der Waals surface area contributed by atoms with E-state index in [1.807, 2.05) is 6.92 Å². The molecule has 2 aliphatic heterocycles. The van der Waals surface area contributed by atoms with E-state index < -0.39 is 0 Å². The Morgan fingerprint density at radius 1 is 1.50 bits per heavy atom. The second kappa shape index (κ2) is 4.86. The normalized spacial score (nSPS) is 24.1. The molecule has 3 rings (SSSR count). The Morgan fingerprint density at radius 3 is 3.05 bits per heavy atom.